The van der Waals surface area contributed by atoms with Crippen molar-refractivity contribution in [2.24, 2.45) is 17.6 Å². The first-order valence-electron chi connectivity index (χ1n) is 13.5. The quantitative estimate of drug-likeness (QED) is 0.358. The Hall–Kier alpha value is -3.28. The molecule has 0 radical (unpaired) electrons. The smallest absolute Gasteiger partial charge is 0.259 e. The molecule has 1 amide bonds. The SMILES string of the molecule is CCCC[C@H](O)[C@@H](CC1CC1)C(=O)[C@]1(N)C(=O)N(Cc2ccccc2)c2ccccc2-c2ccccc21. The molecule has 2 aliphatic rings. The van der Waals surface area contributed by atoms with Gasteiger partial charge in [0.15, 0.2) is 11.3 Å². The van der Waals surface area contributed by atoms with Gasteiger partial charge in [-0.1, -0.05) is 105 Å². The first-order chi connectivity index (χ1) is 17.9. The summed E-state index contributed by atoms with van der Waals surface area (Å²) in [6.45, 7) is 2.36. The highest BCUT2D eigenvalue weighted by atomic mass is 16.3. The summed E-state index contributed by atoms with van der Waals surface area (Å²) < 4.78 is 0. The van der Waals surface area contributed by atoms with Crippen LogP contribution in [0.15, 0.2) is 78.9 Å². The Labute approximate surface area is 219 Å². The zero-order chi connectivity index (χ0) is 26.0. The number of anilines is 1. The van der Waals surface area contributed by atoms with Crippen molar-refractivity contribution in [2.75, 3.05) is 4.90 Å². The van der Waals surface area contributed by atoms with Crippen molar-refractivity contribution < 1.29 is 14.7 Å². The van der Waals surface area contributed by atoms with Crippen LogP contribution in [0.5, 0.6) is 0 Å². The Morgan fingerprint density at radius 3 is 2.35 bits per heavy atom. The van der Waals surface area contributed by atoms with Crippen LogP contribution in [0.4, 0.5) is 5.69 Å². The number of hydrogen-bond acceptors (Lipinski definition) is 4. The number of carbonyl (C=O) groups excluding carboxylic acids is 2. The number of benzene rings is 3. The van der Waals surface area contributed by atoms with Crippen molar-refractivity contribution in [1.82, 2.24) is 0 Å². The second kappa shape index (κ2) is 10.6. The number of para-hydroxylation sites is 1. The molecule has 0 saturated heterocycles. The molecule has 3 N–H and O–H groups in total. The molecule has 1 aliphatic carbocycles. The molecule has 1 saturated carbocycles. The molecule has 5 nitrogen and oxygen atoms in total. The van der Waals surface area contributed by atoms with Gasteiger partial charge in [0.1, 0.15) is 0 Å². The fraction of sp³-hybridized carbons (Fsp3) is 0.375. The molecule has 0 unspecified atom stereocenters. The van der Waals surface area contributed by atoms with Crippen LogP contribution in [0, 0.1) is 11.8 Å². The largest absolute Gasteiger partial charge is 0.392 e. The van der Waals surface area contributed by atoms with E-state index in [4.69, 9.17) is 5.73 Å². The maximum absolute atomic E-state index is 14.6. The van der Waals surface area contributed by atoms with E-state index in [9.17, 15) is 14.7 Å². The summed E-state index contributed by atoms with van der Waals surface area (Å²) in [5.74, 6) is -1.09. The minimum Gasteiger partial charge on any atom is -0.392 e. The fourth-order valence-corrected chi connectivity index (χ4v) is 5.66. The van der Waals surface area contributed by atoms with E-state index in [1.165, 1.54) is 0 Å². The van der Waals surface area contributed by atoms with Gasteiger partial charge in [0.25, 0.3) is 5.91 Å². The van der Waals surface area contributed by atoms with Gasteiger partial charge in [0.05, 0.1) is 18.3 Å². The first-order valence-corrected chi connectivity index (χ1v) is 13.5. The van der Waals surface area contributed by atoms with E-state index in [1.807, 2.05) is 72.8 Å². The standard InChI is InChI=1S/C32H36N2O3/c1-2-3-17-29(35)26(20-22-18-19-22)30(36)32(33)27-15-9-7-13-24(27)25-14-8-10-16-28(25)34(31(32)37)21-23-11-5-4-6-12-23/h4-16,22,26,29,35H,2-3,17-21,33H2,1H3/t26-,29+,32+/m1/s1. The molecule has 3 aromatic carbocycles. The molecule has 1 fully saturated rings. The van der Waals surface area contributed by atoms with Crippen molar-refractivity contribution in [1.29, 1.82) is 0 Å². The molecule has 37 heavy (non-hydrogen) atoms. The Kier molecular flexibility index (Phi) is 7.27. The molecule has 3 atom stereocenters. The number of carbonyl (C=O) groups is 2. The van der Waals surface area contributed by atoms with E-state index in [2.05, 4.69) is 6.92 Å². The molecule has 5 heteroatoms. The van der Waals surface area contributed by atoms with Crippen LogP contribution >= 0.6 is 0 Å². The fourth-order valence-electron chi connectivity index (χ4n) is 5.66. The monoisotopic (exact) mass is 496 g/mol. The van der Waals surface area contributed by atoms with Crippen LogP contribution in [0.25, 0.3) is 11.1 Å². The molecule has 5 rings (SSSR count). The molecule has 1 aliphatic heterocycles. The van der Waals surface area contributed by atoms with Crippen LogP contribution in [0.3, 0.4) is 0 Å². The van der Waals surface area contributed by atoms with Crippen LogP contribution in [0.1, 0.15) is 56.6 Å². The lowest BCUT2D eigenvalue weighted by Crippen LogP contribution is -2.60. The van der Waals surface area contributed by atoms with E-state index in [-0.39, 0.29) is 5.78 Å². The topological polar surface area (TPSA) is 83.6 Å². The van der Waals surface area contributed by atoms with Gasteiger partial charge in [-0.3, -0.25) is 9.59 Å². The lowest BCUT2D eigenvalue weighted by Gasteiger charge is -2.36. The van der Waals surface area contributed by atoms with Crippen molar-refractivity contribution in [3.05, 3.63) is 90.0 Å². The van der Waals surface area contributed by atoms with Crippen LogP contribution < -0.4 is 10.6 Å². The third-order valence-electron chi connectivity index (χ3n) is 7.93. The molecule has 1 heterocycles. The zero-order valence-electron chi connectivity index (χ0n) is 21.5. The highest BCUT2D eigenvalue weighted by molar-refractivity contribution is 6.20. The predicted molar refractivity (Wildman–Crippen MR) is 147 cm³/mol. The number of aliphatic hydroxyl groups is 1. The number of ketones is 1. The van der Waals surface area contributed by atoms with Crippen LogP contribution in [-0.4, -0.2) is 22.9 Å². The molecule has 0 bridgehead atoms. The van der Waals surface area contributed by atoms with Gasteiger partial charge in [0, 0.05) is 11.5 Å². The summed E-state index contributed by atoms with van der Waals surface area (Å²) in [5, 5.41) is 11.2. The number of nitrogens with two attached hydrogens (primary N) is 1. The minimum absolute atomic E-state index is 0.294. The summed E-state index contributed by atoms with van der Waals surface area (Å²) in [6.07, 6.45) is 4.14. The second-order valence-electron chi connectivity index (χ2n) is 10.6. The Balaban J connectivity index is 1.65. The summed E-state index contributed by atoms with van der Waals surface area (Å²) in [7, 11) is 0. The molecule has 3 aromatic rings. The number of nitrogens with zero attached hydrogens (tertiary/aromatic N) is 1. The van der Waals surface area contributed by atoms with E-state index < -0.39 is 23.5 Å². The first kappa shape index (κ1) is 25.4. The highest BCUT2D eigenvalue weighted by Gasteiger charge is 2.53. The number of unbranched alkanes of at least 4 members (excludes halogenated alkanes) is 1. The number of Topliss-reactive ketones (excluding diaryl/α,β-unsaturated/α-hetero) is 1. The predicted octanol–water partition coefficient (Wildman–Crippen LogP) is 5.59. The van der Waals surface area contributed by atoms with E-state index in [0.717, 1.165) is 48.1 Å². The number of fused-ring (bicyclic) bond motifs is 3. The van der Waals surface area contributed by atoms with Crippen molar-refractivity contribution in [2.45, 2.75) is 63.6 Å². The Bertz CT molecular complexity index is 1270. The summed E-state index contributed by atoms with van der Waals surface area (Å²) in [4.78, 5) is 30.8. The summed E-state index contributed by atoms with van der Waals surface area (Å²) in [5.41, 5.74) is 9.03. The zero-order valence-corrected chi connectivity index (χ0v) is 21.5. The lowest BCUT2D eigenvalue weighted by molar-refractivity contribution is -0.140. The summed E-state index contributed by atoms with van der Waals surface area (Å²) >= 11 is 0. The molecule has 192 valence electrons. The molecule has 0 spiro atoms. The highest BCUT2D eigenvalue weighted by Crippen LogP contribution is 2.45. The molecular weight excluding hydrogens is 460 g/mol. The molecular formula is C32H36N2O3. The van der Waals surface area contributed by atoms with Gasteiger partial charge in [-0.2, -0.15) is 0 Å². The van der Waals surface area contributed by atoms with Gasteiger partial charge < -0.3 is 15.7 Å². The van der Waals surface area contributed by atoms with Gasteiger partial charge in [0.2, 0.25) is 0 Å². The van der Waals surface area contributed by atoms with Crippen molar-refractivity contribution >= 4 is 17.4 Å². The third kappa shape index (κ3) is 4.86. The van der Waals surface area contributed by atoms with Crippen molar-refractivity contribution in [3.63, 3.8) is 0 Å². The Morgan fingerprint density at radius 2 is 1.65 bits per heavy atom. The maximum Gasteiger partial charge on any atom is 0.259 e. The maximum atomic E-state index is 14.6. The normalized spacial score (nSPS) is 20.5. The number of amides is 1. The van der Waals surface area contributed by atoms with Crippen LogP contribution in [-0.2, 0) is 21.7 Å². The van der Waals surface area contributed by atoms with Gasteiger partial charge >= 0.3 is 0 Å². The molecule has 0 aromatic heterocycles. The van der Waals surface area contributed by atoms with E-state index >= 15 is 0 Å². The third-order valence-corrected chi connectivity index (χ3v) is 7.93. The number of hydrogen-bond donors (Lipinski definition) is 2. The minimum atomic E-state index is -1.91. The average Bonchev–Trinajstić information content (AvgIpc) is 3.77. The van der Waals surface area contributed by atoms with Gasteiger partial charge in [-0.05, 0) is 41.5 Å². The summed E-state index contributed by atoms with van der Waals surface area (Å²) in [6, 6.07) is 25.0. The number of aliphatic hydroxyl groups excluding tert-OH is 1. The average molecular weight is 497 g/mol. The van der Waals surface area contributed by atoms with E-state index in [1.54, 1.807) is 11.0 Å². The lowest BCUT2D eigenvalue weighted by atomic mass is 9.74. The van der Waals surface area contributed by atoms with Crippen molar-refractivity contribution in [3.8, 4) is 11.1 Å². The van der Waals surface area contributed by atoms with Gasteiger partial charge in [-0.15, -0.1) is 0 Å². The second-order valence-corrected chi connectivity index (χ2v) is 10.6. The number of rotatable bonds is 10. The Morgan fingerprint density at radius 1 is 1.00 bits per heavy atom. The van der Waals surface area contributed by atoms with Gasteiger partial charge in [-0.25, -0.2) is 0 Å². The van der Waals surface area contributed by atoms with Crippen LogP contribution in [0.2, 0.25) is 0 Å². The van der Waals surface area contributed by atoms with E-state index in [0.29, 0.717) is 30.9 Å².